The van der Waals surface area contributed by atoms with Gasteiger partial charge in [0, 0.05) is 7.11 Å². The molecule has 1 aromatic carbocycles. The van der Waals surface area contributed by atoms with Gasteiger partial charge in [-0.25, -0.2) is 0 Å². The van der Waals surface area contributed by atoms with Crippen LogP contribution < -0.4 is 10.6 Å². The Kier molecular flexibility index (Phi) is 3.61. The van der Waals surface area contributed by atoms with Gasteiger partial charge in [0.25, 0.3) is 0 Å². The van der Waals surface area contributed by atoms with Crippen LogP contribution in [0.4, 0.5) is 5.69 Å². The van der Waals surface area contributed by atoms with E-state index in [1.54, 1.807) is 7.11 Å². The van der Waals surface area contributed by atoms with Gasteiger partial charge in [0.15, 0.2) is 5.96 Å². The second-order valence-electron chi connectivity index (χ2n) is 5.62. The quantitative estimate of drug-likeness (QED) is 0.912. The first-order valence-electron chi connectivity index (χ1n) is 7.04. The molecule has 1 spiro atoms. The Hall–Kier alpha value is -1.26. The zero-order valence-corrected chi connectivity index (χ0v) is 12.4. The van der Waals surface area contributed by atoms with Gasteiger partial charge in [-0.05, 0) is 37.8 Å². The largest absolute Gasteiger partial charge is 0.381 e. The minimum absolute atomic E-state index is 0.0237. The highest BCUT2D eigenvalue weighted by atomic mass is 35.5. The second-order valence-corrected chi connectivity index (χ2v) is 6.03. The molecule has 2 aliphatic rings. The Balaban J connectivity index is 1.92. The predicted octanol–water partition coefficient (Wildman–Crippen LogP) is 2.80. The molecule has 108 valence electrons. The van der Waals surface area contributed by atoms with Crippen molar-refractivity contribution < 1.29 is 4.74 Å². The summed E-state index contributed by atoms with van der Waals surface area (Å²) in [6, 6.07) is 7.84. The van der Waals surface area contributed by atoms with Crippen molar-refractivity contribution in [2.45, 2.75) is 37.3 Å². The molecule has 0 atom stereocenters. The Morgan fingerprint density at radius 2 is 2.05 bits per heavy atom. The maximum Gasteiger partial charge on any atom is 0.196 e. The van der Waals surface area contributed by atoms with Gasteiger partial charge >= 0.3 is 0 Å². The van der Waals surface area contributed by atoms with Crippen LogP contribution in [0.1, 0.15) is 25.7 Å². The highest BCUT2D eigenvalue weighted by molar-refractivity contribution is 6.34. The summed E-state index contributed by atoms with van der Waals surface area (Å²) in [6.07, 6.45) is 4.50. The maximum atomic E-state index is 6.35. The molecule has 0 aromatic heterocycles. The first kappa shape index (κ1) is 13.7. The van der Waals surface area contributed by atoms with Gasteiger partial charge in [-0.2, -0.15) is 0 Å². The van der Waals surface area contributed by atoms with Gasteiger partial charge < -0.3 is 15.4 Å². The van der Waals surface area contributed by atoms with E-state index in [2.05, 4.69) is 9.89 Å². The van der Waals surface area contributed by atoms with E-state index in [4.69, 9.17) is 22.1 Å². The third-order valence-electron chi connectivity index (χ3n) is 4.53. The molecule has 1 heterocycles. The molecule has 3 rings (SSSR count). The van der Waals surface area contributed by atoms with Gasteiger partial charge in [-0.15, -0.1) is 0 Å². The number of nitrogens with zero attached hydrogens (tertiary/aromatic N) is 2. The Morgan fingerprint density at radius 3 is 2.70 bits per heavy atom. The minimum Gasteiger partial charge on any atom is -0.381 e. The van der Waals surface area contributed by atoms with Crippen molar-refractivity contribution in [3.05, 3.63) is 29.3 Å². The molecular weight excluding hydrogens is 274 g/mol. The number of methoxy groups -OCH3 is 1. The molecule has 1 aliphatic heterocycles. The number of guanidine groups is 1. The lowest BCUT2D eigenvalue weighted by Gasteiger charge is -2.44. The Labute approximate surface area is 124 Å². The van der Waals surface area contributed by atoms with Gasteiger partial charge in [0.1, 0.15) is 0 Å². The first-order valence-corrected chi connectivity index (χ1v) is 7.41. The molecule has 1 aliphatic carbocycles. The number of benzene rings is 1. The van der Waals surface area contributed by atoms with E-state index in [1.807, 2.05) is 24.3 Å². The van der Waals surface area contributed by atoms with E-state index in [9.17, 15) is 0 Å². The van der Waals surface area contributed by atoms with Crippen LogP contribution in [-0.2, 0) is 4.74 Å². The summed E-state index contributed by atoms with van der Waals surface area (Å²) in [5.74, 6) is 0.578. The first-order chi connectivity index (χ1) is 9.66. The van der Waals surface area contributed by atoms with Crippen LogP contribution in [0.5, 0.6) is 0 Å². The molecule has 0 saturated heterocycles. The van der Waals surface area contributed by atoms with Gasteiger partial charge in [-0.3, -0.25) is 4.99 Å². The van der Waals surface area contributed by atoms with Crippen molar-refractivity contribution in [3.63, 3.8) is 0 Å². The van der Waals surface area contributed by atoms with Crippen molar-refractivity contribution >= 4 is 23.2 Å². The molecular formula is C15H20ClN3O. The van der Waals surface area contributed by atoms with Crippen molar-refractivity contribution in [2.75, 3.05) is 18.6 Å². The number of anilines is 1. The molecule has 20 heavy (non-hydrogen) atoms. The molecule has 2 N–H and O–H groups in total. The molecule has 4 nitrogen and oxygen atoms in total. The normalized spacial score (nSPS) is 29.8. The maximum absolute atomic E-state index is 6.35. The number of nitrogens with two attached hydrogens (primary N) is 1. The lowest BCUT2D eigenvalue weighted by Crippen LogP contribution is -2.54. The van der Waals surface area contributed by atoms with Crippen molar-refractivity contribution in [1.29, 1.82) is 0 Å². The SMILES string of the molecule is COC1CCC2(CC1)CN=C(N)N2c1ccccc1Cl. The lowest BCUT2D eigenvalue weighted by atomic mass is 9.79. The van der Waals surface area contributed by atoms with Crippen LogP contribution in [0.15, 0.2) is 29.3 Å². The summed E-state index contributed by atoms with van der Waals surface area (Å²) in [4.78, 5) is 6.62. The molecule has 0 amide bonds. The molecule has 0 bridgehead atoms. The highest BCUT2D eigenvalue weighted by Gasteiger charge is 2.46. The minimum atomic E-state index is -0.0237. The van der Waals surface area contributed by atoms with E-state index in [0.29, 0.717) is 12.1 Å². The number of hydrogen-bond acceptors (Lipinski definition) is 4. The Bertz CT molecular complexity index is 524. The third-order valence-corrected chi connectivity index (χ3v) is 4.85. The summed E-state index contributed by atoms with van der Waals surface area (Å²) in [6.45, 7) is 0.750. The fourth-order valence-corrected chi connectivity index (χ4v) is 3.59. The standard InChI is InChI=1S/C15H20ClN3O/c1-20-11-6-8-15(9-7-11)10-18-14(17)19(15)13-5-3-2-4-12(13)16/h2-5,11H,6-10H2,1H3,(H2,17,18). The number of aliphatic imine (C=N–C) groups is 1. The number of ether oxygens (including phenoxy) is 1. The molecule has 1 aromatic rings. The van der Waals surface area contributed by atoms with Crippen LogP contribution in [0.25, 0.3) is 0 Å². The third kappa shape index (κ3) is 2.17. The van der Waals surface area contributed by atoms with E-state index >= 15 is 0 Å². The van der Waals surface area contributed by atoms with Crippen molar-refractivity contribution in [1.82, 2.24) is 0 Å². The summed E-state index contributed by atoms with van der Waals surface area (Å²) in [7, 11) is 1.79. The smallest absolute Gasteiger partial charge is 0.196 e. The lowest BCUT2D eigenvalue weighted by molar-refractivity contribution is 0.0532. The number of para-hydroxylation sites is 1. The molecule has 5 heteroatoms. The van der Waals surface area contributed by atoms with E-state index in [0.717, 1.165) is 42.9 Å². The monoisotopic (exact) mass is 293 g/mol. The van der Waals surface area contributed by atoms with E-state index in [1.165, 1.54) is 0 Å². The number of rotatable bonds is 2. The van der Waals surface area contributed by atoms with Crippen molar-refractivity contribution in [2.24, 2.45) is 10.7 Å². The second kappa shape index (κ2) is 5.26. The van der Waals surface area contributed by atoms with Gasteiger partial charge in [0.05, 0.1) is 28.9 Å². The average Bonchev–Trinajstić information content (AvgIpc) is 2.78. The summed E-state index contributed by atoms with van der Waals surface area (Å²) < 4.78 is 5.47. The highest BCUT2D eigenvalue weighted by Crippen LogP contribution is 2.42. The van der Waals surface area contributed by atoms with Crippen LogP contribution in [-0.4, -0.2) is 31.3 Å². The van der Waals surface area contributed by atoms with Crippen LogP contribution >= 0.6 is 11.6 Å². The van der Waals surface area contributed by atoms with Crippen LogP contribution in [0, 0.1) is 0 Å². The topological polar surface area (TPSA) is 50.9 Å². The summed E-state index contributed by atoms with van der Waals surface area (Å²) in [5.41, 5.74) is 7.08. The van der Waals surface area contributed by atoms with Crippen LogP contribution in [0.3, 0.4) is 0 Å². The number of halogens is 1. The fraction of sp³-hybridized carbons (Fsp3) is 0.533. The fourth-order valence-electron chi connectivity index (χ4n) is 3.37. The molecule has 0 radical (unpaired) electrons. The average molecular weight is 294 g/mol. The van der Waals surface area contributed by atoms with Crippen LogP contribution in [0.2, 0.25) is 5.02 Å². The molecule has 1 fully saturated rings. The zero-order chi connectivity index (χ0) is 14.2. The predicted molar refractivity (Wildman–Crippen MR) is 82.4 cm³/mol. The van der Waals surface area contributed by atoms with Gasteiger partial charge in [0.2, 0.25) is 0 Å². The number of hydrogen-bond donors (Lipinski definition) is 1. The van der Waals surface area contributed by atoms with Gasteiger partial charge in [-0.1, -0.05) is 23.7 Å². The zero-order valence-electron chi connectivity index (χ0n) is 11.7. The van der Waals surface area contributed by atoms with E-state index in [-0.39, 0.29) is 5.54 Å². The molecule has 1 saturated carbocycles. The Morgan fingerprint density at radius 1 is 1.35 bits per heavy atom. The van der Waals surface area contributed by atoms with E-state index < -0.39 is 0 Å². The van der Waals surface area contributed by atoms with Crippen molar-refractivity contribution in [3.8, 4) is 0 Å². The summed E-state index contributed by atoms with van der Waals surface area (Å²) >= 11 is 6.35. The summed E-state index contributed by atoms with van der Waals surface area (Å²) in [5, 5.41) is 0.723. The molecule has 0 unspecified atom stereocenters.